The molecule has 0 radical (unpaired) electrons. The van der Waals surface area contributed by atoms with Crippen LogP contribution in [0.2, 0.25) is 0 Å². The van der Waals surface area contributed by atoms with Crippen LogP contribution in [-0.4, -0.2) is 47.5 Å². The van der Waals surface area contributed by atoms with Crippen LogP contribution in [0.3, 0.4) is 0 Å². The zero-order chi connectivity index (χ0) is 20.1. The fourth-order valence-electron chi connectivity index (χ4n) is 3.57. The van der Waals surface area contributed by atoms with Gasteiger partial charge in [-0.1, -0.05) is 6.07 Å². The highest BCUT2D eigenvalue weighted by atomic mass is 16.5. The third-order valence-corrected chi connectivity index (χ3v) is 4.93. The summed E-state index contributed by atoms with van der Waals surface area (Å²) >= 11 is 0. The minimum absolute atomic E-state index is 0.170. The van der Waals surface area contributed by atoms with Gasteiger partial charge in [0.25, 0.3) is 0 Å². The molecule has 2 heterocycles. The second kappa shape index (κ2) is 9.17. The van der Waals surface area contributed by atoms with Crippen molar-refractivity contribution in [1.29, 1.82) is 0 Å². The summed E-state index contributed by atoms with van der Waals surface area (Å²) in [6.45, 7) is 3.84. The number of allylic oxidation sites excluding steroid dienone is 3. The minimum atomic E-state index is 0.170. The van der Waals surface area contributed by atoms with E-state index in [2.05, 4.69) is 10.6 Å². The number of fused-ring (bicyclic) bond motifs is 1. The summed E-state index contributed by atoms with van der Waals surface area (Å²) in [6, 6.07) is 6.14. The van der Waals surface area contributed by atoms with Crippen molar-refractivity contribution >= 4 is 22.9 Å². The number of carbonyl (C=O) groups excluding carboxylic acids is 1. The van der Waals surface area contributed by atoms with Crippen LogP contribution >= 0.6 is 0 Å². The van der Waals surface area contributed by atoms with Gasteiger partial charge >= 0.3 is 0 Å². The van der Waals surface area contributed by atoms with E-state index in [0.717, 1.165) is 60.3 Å². The highest BCUT2D eigenvalue weighted by molar-refractivity contribution is 5.85. The number of hydrogen-bond donors (Lipinski definition) is 1. The lowest BCUT2D eigenvalue weighted by atomic mass is 10.1. The molecule has 150 valence electrons. The van der Waals surface area contributed by atoms with Crippen LogP contribution in [0.1, 0.15) is 37.6 Å². The third-order valence-electron chi connectivity index (χ3n) is 4.93. The van der Waals surface area contributed by atoms with Crippen LogP contribution < -0.4 is 5.73 Å². The Morgan fingerprint density at radius 3 is 2.86 bits per heavy atom. The Kier molecular flexibility index (Phi) is 6.65. The molecule has 1 aromatic heterocycles. The molecule has 1 aliphatic rings. The summed E-state index contributed by atoms with van der Waals surface area (Å²) in [5.74, 6) is 0.841. The minimum Gasteiger partial charge on any atom is -0.383 e. The van der Waals surface area contributed by atoms with Gasteiger partial charge in [-0.25, -0.2) is 4.98 Å². The summed E-state index contributed by atoms with van der Waals surface area (Å²) in [5.41, 5.74) is 10.5. The van der Waals surface area contributed by atoms with Crippen molar-refractivity contribution in [2.45, 2.75) is 45.4 Å². The number of nitrogens with two attached hydrogens (primary N) is 1. The maximum Gasteiger partial charge on any atom is 0.145 e. The molecule has 1 unspecified atom stereocenters. The summed E-state index contributed by atoms with van der Waals surface area (Å²) in [5, 5.41) is 0. The average Bonchev–Trinajstić information content (AvgIpc) is 3.05. The first-order valence-corrected chi connectivity index (χ1v) is 9.84. The molecule has 0 bridgehead atoms. The Hall–Kier alpha value is -2.44. The number of rotatable bonds is 7. The standard InChI is InChI=1S/C22H30N4O2/c1-16(15-27)10-18(13-25(2)3)22-24-20-8-7-17(12-23)11-21(20)26(22)14-19-6-4-5-9-28-19/h7-8,10-11,13,15,19H,4-6,9,12,14,23H2,1-3H3/b16-10-,18-13?. The van der Waals surface area contributed by atoms with Crippen molar-refractivity contribution in [3.05, 3.63) is 47.4 Å². The SMILES string of the molecule is C/C(C=O)=C/C(=CN(C)C)c1nc2ccc(CN)cc2n1CC1CCCCO1. The van der Waals surface area contributed by atoms with Gasteiger partial charge in [0, 0.05) is 39.0 Å². The van der Waals surface area contributed by atoms with Gasteiger partial charge in [0.1, 0.15) is 12.1 Å². The number of aldehydes is 1. The van der Waals surface area contributed by atoms with Gasteiger partial charge in [0.15, 0.2) is 0 Å². The van der Waals surface area contributed by atoms with E-state index in [0.29, 0.717) is 12.1 Å². The van der Waals surface area contributed by atoms with Crippen LogP contribution in [0.4, 0.5) is 0 Å². The molecule has 1 atom stereocenters. The number of imidazole rings is 1. The maximum atomic E-state index is 11.2. The molecule has 2 N–H and O–H groups in total. The number of aromatic nitrogens is 2. The van der Waals surface area contributed by atoms with Crippen molar-refractivity contribution in [3.8, 4) is 0 Å². The quantitative estimate of drug-likeness (QED) is 0.452. The summed E-state index contributed by atoms with van der Waals surface area (Å²) in [6.07, 6.45) is 8.28. The van der Waals surface area contributed by atoms with Crippen LogP contribution in [0, 0.1) is 0 Å². The summed E-state index contributed by atoms with van der Waals surface area (Å²) < 4.78 is 8.22. The van der Waals surface area contributed by atoms with E-state index >= 15 is 0 Å². The summed E-state index contributed by atoms with van der Waals surface area (Å²) in [7, 11) is 3.93. The monoisotopic (exact) mass is 382 g/mol. The molecule has 0 amide bonds. The third kappa shape index (κ3) is 4.69. The lowest BCUT2D eigenvalue weighted by Crippen LogP contribution is -2.25. The lowest BCUT2D eigenvalue weighted by Gasteiger charge is -2.24. The molecule has 28 heavy (non-hydrogen) atoms. The zero-order valence-electron chi connectivity index (χ0n) is 17.0. The molecule has 1 aliphatic heterocycles. The molecule has 2 aromatic rings. The lowest BCUT2D eigenvalue weighted by molar-refractivity contribution is -0.104. The van der Waals surface area contributed by atoms with Crippen molar-refractivity contribution in [1.82, 2.24) is 14.5 Å². The van der Waals surface area contributed by atoms with Crippen LogP contribution in [0.5, 0.6) is 0 Å². The first-order chi connectivity index (χ1) is 13.5. The molecular formula is C22H30N4O2. The van der Waals surface area contributed by atoms with Crippen LogP contribution in [0.15, 0.2) is 36.0 Å². The van der Waals surface area contributed by atoms with Crippen LogP contribution in [-0.2, 0) is 22.6 Å². The van der Waals surface area contributed by atoms with Gasteiger partial charge in [-0.15, -0.1) is 0 Å². The second-order valence-corrected chi connectivity index (χ2v) is 7.62. The first-order valence-electron chi connectivity index (χ1n) is 9.84. The fourth-order valence-corrected chi connectivity index (χ4v) is 3.57. The number of nitrogens with zero attached hydrogens (tertiary/aromatic N) is 3. The molecule has 1 saturated heterocycles. The van der Waals surface area contributed by atoms with Gasteiger partial charge in [0.2, 0.25) is 0 Å². The van der Waals surface area contributed by atoms with Gasteiger partial charge < -0.3 is 19.9 Å². The molecule has 0 saturated carbocycles. The highest BCUT2D eigenvalue weighted by Crippen LogP contribution is 2.27. The molecule has 3 rings (SSSR count). The van der Waals surface area contributed by atoms with Gasteiger partial charge in [-0.2, -0.15) is 0 Å². The van der Waals surface area contributed by atoms with Crippen molar-refractivity contribution in [2.75, 3.05) is 20.7 Å². The Balaban J connectivity index is 2.15. The predicted molar refractivity (Wildman–Crippen MR) is 113 cm³/mol. The van der Waals surface area contributed by atoms with Crippen molar-refractivity contribution < 1.29 is 9.53 Å². The molecule has 0 spiro atoms. The smallest absolute Gasteiger partial charge is 0.145 e. The van der Waals surface area contributed by atoms with Gasteiger partial charge in [0.05, 0.1) is 23.7 Å². The molecular weight excluding hydrogens is 352 g/mol. The largest absolute Gasteiger partial charge is 0.383 e. The van der Waals surface area contributed by atoms with Gasteiger partial charge in [-0.05, 0) is 55.5 Å². The van der Waals surface area contributed by atoms with Crippen molar-refractivity contribution in [2.24, 2.45) is 5.73 Å². The second-order valence-electron chi connectivity index (χ2n) is 7.62. The normalized spacial score (nSPS) is 18.5. The number of hydrogen-bond acceptors (Lipinski definition) is 5. The predicted octanol–water partition coefficient (Wildman–Crippen LogP) is 3.11. The number of carbonyl (C=O) groups is 1. The molecule has 6 nitrogen and oxygen atoms in total. The topological polar surface area (TPSA) is 73.4 Å². The molecule has 1 fully saturated rings. The first kappa shape index (κ1) is 20.3. The van der Waals surface area contributed by atoms with E-state index in [1.807, 2.05) is 43.4 Å². The number of ether oxygens (including phenoxy) is 1. The molecule has 6 heteroatoms. The van der Waals surface area contributed by atoms with E-state index in [1.165, 1.54) is 6.42 Å². The highest BCUT2D eigenvalue weighted by Gasteiger charge is 2.20. The molecule has 1 aromatic carbocycles. The molecule has 0 aliphatic carbocycles. The zero-order valence-corrected chi connectivity index (χ0v) is 17.0. The number of benzene rings is 1. The fraction of sp³-hybridized carbons (Fsp3) is 0.455. The van der Waals surface area contributed by atoms with Crippen molar-refractivity contribution in [3.63, 3.8) is 0 Å². The summed E-state index contributed by atoms with van der Waals surface area (Å²) in [4.78, 5) is 18.1. The van der Waals surface area contributed by atoms with Crippen LogP contribution in [0.25, 0.3) is 16.6 Å². The average molecular weight is 383 g/mol. The van der Waals surface area contributed by atoms with E-state index in [4.69, 9.17) is 15.5 Å². The Morgan fingerprint density at radius 2 is 2.21 bits per heavy atom. The van der Waals surface area contributed by atoms with E-state index in [1.54, 1.807) is 6.92 Å². The van der Waals surface area contributed by atoms with E-state index < -0.39 is 0 Å². The van der Waals surface area contributed by atoms with Gasteiger partial charge in [-0.3, -0.25) is 4.79 Å². The maximum absolute atomic E-state index is 11.2. The Bertz CT molecular complexity index is 889. The van der Waals surface area contributed by atoms with E-state index in [9.17, 15) is 4.79 Å². The Morgan fingerprint density at radius 1 is 1.39 bits per heavy atom. The Labute approximate surface area is 166 Å². The van der Waals surface area contributed by atoms with E-state index in [-0.39, 0.29) is 6.10 Å².